The standard InChI is InChI=1S/C12H13BrN4O/c1-8-2-10(13)5-11(3-8)17-7-9(4-12(17)18)6-15-16-14/h2-3,5,9H,4,6-7H2,1H3. The van der Waals surface area contributed by atoms with Crippen LogP contribution in [0.4, 0.5) is 5.69 Å². The second-order valence-corrected chi connectivity index (χ2v) is 5.39. The minimum absolute atomic E-state index is 0.0886. The number of aryl methyl sites for hydroxylation is 1. The summed E-state index contributed by atoms with van der Waals surface area (Å²) in [4.78, 5) is 16.4. The lowest BCUT2D eigenvalue weighted by Gasteiger charge is -2.17. The predicted molar refractivity (Wildman–Crippen MR) is 73.4 cm³/mol. The Morgan fingerprint density at radius 1 is 1.56 bits per heavy atom. The van der Waals surface area contributed by atoms with Crippen LogP contribution in [0.2, 0.25) is 0 Å². The Hall–Kier alpha value is -1.52. The zero-order valence-electron chi connectivity index (χ0n) is 10.0. The average molecular weight is 309 g/mol. The van der Waals surface area contributed by atoms with Crippen LogP contribution in [-0.2, 0) is 4.79 Å². The molecule has 6 heteroatoms. The van der Waals surface area contributed by atoms with Crippen molar-refractivity contribution in [1.82, 2.24) is 0 Å². The van der Waals surface area contributed by atoms with Crippen molar-refractivity contribution in [3.8, 4) is 0 Å². The van der Waals surface area contributed by atoms with Gasteiger partial charge in [-0.2, -0.15) is 0 Å². The molecule has 1 aliphatic rings. The molecule has 5 nitrogen and oxygen atoms in total. The molecule has 0 radical (unpaired) electrons. The Balaban J connectivity index is 2.18. The average Bonchev–Trinajstić information content (AvgIpc) is 2.66. The molecule has 0 saturated carbocycles. The summed E-state index contributed by atoms with van der Waals surface area (Å²) >= 11 is 3.43. The molecule has 0 spiro atoms. The number of halogens is 1. The van der Waals surface area contributed by atoms with E-state index in [0.717, 1.165) is 15.7 Å². The summed E-state index contributed by atoms with van der Waals surface area (Å²) in [7, 11) is 0. The number of hydrogen-bond acceptors (Lipinski definition) is 2. The molecule has 1 amide bonds. The fraction of sp³-hybridized carbons (Fsp3) is 0.417. The number of anilines is 1. The monoisotopic (exact) mass is 308 g/mol. The van der Waals surface area contributed by atoms with Gasteiger partial charge in [-0.15, -0.1) is 0 Å². The van der Waals surface area contributed by atoms with Crippen LogP contribution in [0.1, 0.15) is 12.0 Å². The summed E-state index contributed by atoms with van der Waals surface area (Å²) in [5.41, 5.74) is 10.3. The van der Waals surface area contributed by atoms with Gasteiger partial charge in [0.1, 0.15) is 0 Å². The third-order valence-electron chi connectivity index (χ3n) is 2.95. The van der Waals surface area contributed by atoms with Crippen molar-refractivity contribution in [3.63, 3.8) is 0 Å². The van der Waals surface area contributed by atoms with Crippen LogP contribution in [0.3, 0.4) is 0 Å². The summed E-state index contributed by atoms with van der Waals surface area (Å²) in [6.07, 6.45) is 0.449. The topological polar surface area (TPSA) is 69.1 Å². The number of carbonyl (C=O) groups excluding carboxylic acids is 1. The molecule has 0 N–H and O–H groups in total. The Bertz CT molecular complexity index is 505. The summed E-state index contributed by atoms with van der Waals surface area (Å²) in [5, 5.41) is 3.54. The number of azide groups is 1. The maximum atomic E-state index is 11.9. The highest BCUT2D eigenvalue weighted by Gasteiger charge is 2.30. The first-order valence-corrected chi connectivity index (χ1v) is 6.48. The second kappa shape index (κ2) is 5.42. The molecule has 94 valence electrons. The van der Waals surface area contributed by atoms with Gasteiger partial charge in [0.05, 0.1) is 0 Å². The quantitative estimate of drug-likeness (QED) is 0.479. The van der Waals surface area contributed by atoms with Gasteiger partial charge in [-0.25, -0.2) is 0 Å². The van der Waals surface area contributed by atoms with Crippen molar-refractivity contribution < 1.29 is 4.79 Å². The van der Waals surface area contributed by atoms with Crippen LogP contribution in [-0.4, -0.2) is 19.0 Å². The van der Waals surface area contributed by atoms with E-state index in [-0.39, 0.29) is 11.8 Å². The van der Waals surface area contributed by atoms with E-state index in [1.807, 2.05) is 25.1 Å². The van der Waals surface area contributed by atoms with Crippen molar-refractivity contribution in [3.05, 3.63) is 38.7 Å². The van der Waals surface area contributed by atoms with Crippen LogP contribution >= 0.6 is 15.9 Å². The molecular formula is C12H13BrN4O. The molecule has 0 bridgehead atoms. The van der Waals surface area contributed by atoms with Gasteiger partial charge in [-0.05, 0) is 42.1 Å². The number of carbonyl (C=O) groups is 1. The molecule has 0 aliphatic carbocycles. The molecule has 1 aliphatic heterocycles. The van der Waals surface area contributed by atoms with E-state index in [2.05, 4.69) is 26.0 Å². The van der Waals surface area contributed by atoms with Gasteiger partial charge in [0.25, 0.3) is 0 Å². The lowest BCUT2D eigenvalue weighted by atomic mass is 10.1. The minimum atomic E-state index is 0.0886. The van der Waals surface area contributed by atoms with E-state index >= 15 is 0 Å². The molecule has 1 aromatic carbocycles. The molecule has 2 rings (SSSR count). The molecule has 1 fully saturated rings. The molecule has 18 heavy (non-hydrogen) atoms. The SMILES string of the molecule is Cc1cc(Br)cc(N2CC(CN=[N+]=[N-])CC2=O)c1. The molecule has 1 atom stereocenters. The number of rotatable bonds is 3. The van der Waals surface area contributed by atoms with E-state index in [1.165, 1.54) is 0 Å². The van der Waals surface area contributed by atoms with Crippen LogP contribution in [0, 0.1) is 12.8 Å². The Labute approximate surface area is 114 Å². The van der Waals surface area contributed by atoms with Crippen molar-refractivity contribution >= 4 is 27.5 Å². The largest absolute Gasteiger partial charge is 0.312 e. The summed E-state index contributed by atoms with van der Waals surface area (Å²) in [6.45, 7) is 2.99. The van der Waals surface area contributed by atoms with Crippen molar-refractivity contribution in [2.24, 2.45) is 11.0 Å². The smallest absolute Gasteiger partial charge is 0.227 e. The van der Waals surface area contributed by atoms with Crippen LogP contribution in [0.15, 0.2) is 27.8 Å². The van der Waals surface area contributed by atoms with Crippen LogP contribution < -0.4 is 4.90 Å². The van der Waals surface area contributed by atoms with Gasteiger partial charge in [0.2, 0.25) is 5.91 Å². The minimum Gasteiger partial charge on any atom is -0.312 e. The fourth-order valence-corrected chi connectivity index (χ4v) is 2.77. The third-order valence-corrected chi connectivity index (χ3v) is 3.40. The molecule has 0 aromatic heterocycles. The second-order valence-electron chi connectivity index (χ2n) is 4.47. The normalized spacial score (nSPS) is 18.9. The first kappa shape index (κ1) is 12.9. The van der Waals surface area contributed by atoms with Gasteiger partial charge in [-0.1, -0.05) is 21.0 Å². The highest BCUT2D eigenvalue weighted by Crippen LogP contribution is 2.28. The lowest BCUT2D eigenvalue weighted by molar-refractivity contribution is -0.117. The third kappa shape index (κ3) is 2.83. The van der Waals surface area contributed by atoms with Crippen LogP contribution in [0.25, 0.3) is 10.4 Å². The van der Waals surface area contributed by atoms with Gasteiger partial charge in [-0.3, -0.25) is 4.79 Å². The lowest BCUT2D eigenvalue weighted by Crippen LogP contribution is -2.24. The number of benzene rings is 1. The van der Waals surface area contributed by atoms with E-state index in [9.17, 15) is 4.79 Å². The van der Waals surface area contributed by atoms with E-state index in [4.69, 9.17) is 5.53 Å². The van der Waals surface area contributed by atoms with E-state index in [0.29, 0.717) is 19.5 Å². The zero-order valence-corrected chi connectivity index (χ0v) is 11.6. The van der Waals surface area contributed by atoms with Crippen molar-refractivity contribution in [2.45, 2.75) is 13.3 Å². The molecule has 1 aromatic rings. The number of nitrogens with zero attached hydrogens (tertiary/aromatic N) is 4. The summed E-state index contributed by atoms with van der Waals surface area (Å²) in [5.74, 6) is 0.207. The molecule has 1 saturated heterocycles. The first-order chi connectivity index (χ1) is 8.60. The molecule has 1 unspecified atom stereocenters. The van der Waals surface area contributed by atoms with Gasteiger partial charge in [0, 0.05) is 34.6 Å². The first-order valence-electron chi connectivity index (χ1n) is 5.68. The van der Waals surface area contributed by atoms with E-state index < -0.39 is 0 Å². The van der Waals surface area contributed by atoms with Gasteiger partial charge >= 0.3 is 0 Å². The Kier molecular flexibility index (Phi) is 3.89. The fourth-order valence-electron chi connectivity index (χ4n) is 2.18. The Morgan fingerprint density at radius 2 is 2.33 bits per heavy atom. The summed E-state index contributed by atoms with van der Waals surface area (Å²) < 4.78 is 0.962. The van der Waals surface area contributed by atoms with Crippen molar-refractivity contribution in [2.75, 3.05) is 18.0 Å². The van der Waals surface area contributed by atoms with E-state index in [1.54, 1.807) is 4.90 Å². The predicted octanol–water partition coefficient (Wildman–Crippen LogP) is 3.42. The molecule has 1 heterocycles. The summed E-state index contributed by atoms with van der Waals surface area (Å²) in [6, 6.07) is 5.92. The number of amides is 1. The van der Waals surface area contributed by atoms with Crippen LogP contribution in [0.5, 0.6) is 0 Å². The zero-order chi connectivity index (χ0) is 13.1. The highest BCUT2D eigenvalue weighted by molar-refractivity contribution is 9.10. The molecular weight excluding hydrogens is 296 g/mol. The maximum absolute atomic E-state index is 11.9. The van der Waals surface area contributed by atoms with Gasteiger partial charge in [0.15, 0.2) is 0 Å². The van der Waals surface area contributed by atoms with Crippen molar-refractivity contribution in [1.29, 1.82) is 0 Å². The van der Waals surface area contributed by atoms with Gasteiger partial charge < -0.3 is 4.90 Å². The maximum Gasteiger partial charge on any atom is 0.227 e. The number of hydrogen-bond donors (Lipinski definition) is 0. The highest BCUT2D eigenvalue weighted by atomic mass is 79.9. The Morgan fingerprint density at radius 3 is 3.00 bits per heavy atom.